The van der Waals surface area contributed by atoms with Crippen molar-refractivity contribution in [1.29, 1.82) is 0 Å². The predicted molar refractivity (Wildman–Crippen MR) is 90.4 cm³/mol. The molecule has 0 spiro atoms. The molecule has 116 valence electrons. The van der Waals surface area contributed by atoms with Gasteiger partial charge in [0.1, 0.15) is 0 Å². The van der Waals surface area contributed by atoms with Gasteiger partial charge in [0.25, 0.3) is 0 Å². The Morgan fingerprint density at radius 1 is 0.905 bits per heavy atom. The molecule has 0 bridgehead atoms. The summed E-state index contributed by atoms with van der Waals surface area (Å²) < 4.78 is 0. The monoisotopic (exact) mass is 308 g/mol. The molecule has 0 atom stereocenters. The van der Waals surface area contributed by atoms with Crippen LogP contribution in [0.5, 0.6) is 0 Å². The number of ketones is 1. The number of hydrogen-bond acceptors (Lipinski definition) is 3. The maximum atomic E-state index is 10.5. The molecule has 1 heterocycles. The van der Waals surface area contributed by atoms with Gasteiger partial charge in [-0.1, -0.05) is 52.0 Å². The Kier molecular flexibility index (Phi) is 14.7. The topological polar surface area (TPSA) is 54.4 Å². The van der Waals surface area contributed by atoms with Crippen LogP contribution < -0.4 is 0 Å². The minimum absolute atomic E-state index is 0.153. The van der Waals surface area contributed by atoms with Gasteiger partial charge < -0.3 is 5.11 Å². The molecule has 0 unspecified atom stereocenters. The van der Waals surface area contributed by atoms with E-state index in [-0.39, 0.29) is 5.78 Å². The Morgan fingerprint density at radius 3 is 1.67 bits per heavy atom. The van der Waals surface area contributed by atoms with Crippen molar-refractivity contribution in [3.8, 4) is 0 Å². The van der Waals surface area contributed by atoms with Crippen molar-refractivity contribution in [2.45, 2.75) is 34.6 Å². The highest BCUT2D eigenvalue weighted by Gasteiger charge is 1.96. The third-order valence-corrected chi connectivity index (χ3v) is 2.86. The Bertz CT molecular complexity index is 476. The standard InChI is InChI=1S/C7H6O2.C6H6OS.2C2H6/c8-7(9)6-4-2-1-3-5-6;1-5(7)6-3-2-4-8-6;2*1-2/h1-5H,(H,8,9);2-4H,1H3;2*1-2H3. The van der Waals surface area contributed by atoms with Gasteiger partial charge >= 0.3 is 5.97 Å². The molecule has 3 nitrogen and oxygen atoms in total. The fraction of sp³-hybridized carbons (Fsp3) is 0.294. The fourth-order valence-corrected chi connectivity index (χ4v) is 1.69. The highest BCUT2D eigenvalue weighted by molar-refractivity contribution is 7.12. The lowest BCUT2D eigenvalue weighted by atomic mass is 10.2. The number of carbonyl (C=O) groups excluding carboxylic acids is 1. The van der Waals surface area contributed by atoms with E-state index in [2.05, 4.69) is 0 Å². The summed E-state index contributed by atoms with van der Waals surface area (Å²) in [5.74, 6) is -0.726. The van der Waals surface area contributed by atoms with E-state index < -0.39 is 5.97 Å². The minimum Gasteiger partial charge on any atom is -0.478 e. The van der Waals surface area contributed by atoms with Gasteiger partial charge in [-0.15, -0.1) is 11.3 Å². The molecule has 1 aromatic heterocycles. The molecule has 1 aromatic carbocycles. The molecule has 0 radical (unpaired) electrons. The number of Topliss-reactive ketones (excluding diaryl/α,β-unsaturated/α-hetero) is 1. The zero-order valence-corrected chi connectivity index (χ0v) is 14.1. The van der Waals surface area contributed by atoms with Crippen LogP contribution in [0.4, 0.5) is 0 Å². The first-order valence-electron chi connectivity index (χ1n) is 6.94. The zero-order valence-electron chi connectivity index (χ0n) is 13.3. The number of carbonyl (C=O) groups is 2. The second-order valence-electron chi connectivity index (χ2n) is 3.20. The van der Waals surface area contributed by atoms with Crippen LogP contribution in [0.3, 0.4) is 0 Å². The van der Waals surface area contributed by atoms with E-state index in [0.717, 1.165) is 4.88 Å². The van der Waals surface area contributed by atoms with Gasteiger partial charge in [0, 0.05) is 0 Å². The van der Waals surface area contributed by atoms with Crippen LogP contribution >= 0.6 is 11.3 Å². The van der Waals surface area contributed by atoms with E-state index >= 15 is 0 Å². The van der Waals surface area contributed by atoms with Gasteiger partial charge in [-0.2, -0.15) is 0 Å². The summed E-state index contributed by atoms with van der Waals surface area (Å²) in [7, 11) is 0. The maximum absolute atomic E-state index is 10.5. The average Bonchev–Trinajstić information content (AvgIpc) is 3.07. The molecule has 0 amide bonds. The van der Waals surface area contributed by atoms with Gasteiger partial charge in [-0.05, 0) is 30.5 Å². The van der Waals surface area contributed by atoms with Crippen molar-refractivity contribution in [3.05, 3.63) is 58.3 Å². The number of aromatic carboxylic acids is 1. The highest BCUT2D eigenvalue weighted by atomic mass is 32.1. The summed E-state index contributed by atoms with van der Waals surface area (Å²) in [4.78, 5) is 21.6. The zero-order chi connectivity index (χ0) is 16.7. The molecule has 0 aliphatic heterocycles. The van der Waals surface area contributed by atoms with Gasteiger partial charge in [0.2, 0.25) is 0 Å². The van der Waals surface area contributed by atoms with E-state index in [1.165, 1.54) is 11.3 Å². The van der Waals surface area contributed by atoms with E-state index in [1.807, 2.05) is 45.2 Å². The van der Waals surface area contributed by atoms with Gasteiger partial charge in [-0.3, -0.25) is 4.79 Å². The Balaban J connectivity index is 0. The molecule has 0 aliphatic carbocycles. The lowest BCUT2D eigenvalue weighted by Gasteiger charge is -1.88. The summed E-state index contributed by atoms with van der Waals surface area (Å²) in [5.41, 5.74) is 0.331. The molecule has 2 aromatic rings. The number of carboxylic acids is 1. The Morgan fingerprint density at radius 2 is 1.43 bits per heavy atom. The molecular formula is C17H24O3S. The predicted octanol–water partition coefficient (Wildman–Crippen LogP) is 5.39. The van der Waals surface area contributed by atoms with Crippen molar-refractivity contribution < 1.29 is 14.7 Å². The van der Waals surface area contributed by atoms with Crippen molar-refractivity contribution in [2.75, 3.05) is 0 Å². The first-order chi connectivity index (χ1) is 10.1. The molecule has 4 heteroatoms. The third kappa shape index (κ3) is 10.5. The normalized spacial score (nSPS) is 7.86. The van der Waals surface area contributed by atoms with E-state index in [1.54, 1.807) is 37.3 Å². The number of thiophene rings is 1. The lowest BCUT2D eigenvalue weighted by Crippen LogP contribution is -1.93. The summed E-state index contributed by atoms with van der Waals surface area (Å²) in [6, 6.07) is 12.0. The molecule has 2 rings (SSSR count). The van der Waals surface area contributed by atoms with Crippen molar-refractivity contribution in [3.63, 3.8) is 0 Å². The van der Waals surface area contributed by atoms with E-state index in [0.29, 0.717) is 5.56 Å². The molecule has 0 saturated heterocycles. The molecule has 1 N–H and O–H groups in total. The molecule has 21 heavy (non-hydrogen) atoms. The smallest absolute Gasteiger partial charge is 0.335 e. The van der Waals surface area contributed by atoms with Crippen molar-refractivity contribution in [2.24, 2.45) is 0 Å². The van der Waals surface area contributed by atoms with Crippen molar-refractivity contribution in [1.82, 2.24) is 0 Å². The van der Waals surface area contributed by atoms with Gasteiger partial charge in [0.15, 0.2) is 5.78 Å². The summed E-state index contributed by atoms with van der Waals surface area (Å²) in [6.07, 6.45) is 0. The van der Waals surface area contributed by atoms with E-state index in [4.69, 9.17) is 5.11 Å². The summed E-state index contributed by atoms with van der Waals surface area (Å²) in [6.45, 7) is 9.58. The van der Waals surface area contributed by atoms with Crippen LogP contribution in [0.2, 0.25) is 0 Å². The number of carboxylic acid groups (broad SMARTS) is 1. The van der Waals surface area contributed by atoms with Gasteiger partial charge in [-0.25, -0.2) is 4.79 Å². The van der Waals surface area contributed by atoms with Crippen LogP contribution in [0, 0.1) is 0 Å². The van der Waals surface area contributed by atoms with Crippen LogP contribution in [0.1, 0.15) is 54.6 Å². The lowest BCUT2D eigenvalue weighted by molar-refractivity contribution is 0.0696. The second kappa shape index (κ2) is 14.5. The second-order valence-corrected chi connectivity index (χ2v) is 4.15. The number of rotatable bonds is 2. The number of hydrogen-bond donors (Lipinski definition) is 1. The van der Waals surface area contributed by atoms with Gasteiger partial charge in [0.05, 0.1) is 10.4 Å². The summed E-state index contributed by atoms with van der Waals surface area (Å²) in [5, 5.41) is 10.3. The largest absolute Gasteiger partial charge is 0.478 e. The first kappa shape index (κ1) is 21.4. The maximum Gasteiger partial charge on any atom is 0.335 e. The van der Waals surface area contributed by atoms with Crippen LogP contribution in [-0.2, 0) is 0 Å². The quantitative estimate of drug-likeness (QED) is 0.757. The fourth-order valence-electron chi connectivity index (χ4n) is 1.06. The highest BCUT2D eigenvalue weighted by Crippen LogP contribution is 2.07. The average molecular weight is 308 g/mol. The Labute approximate surface area is 131 Å². The third-order valence-electron chi connectivity index (χ3n) is 1.89. The van der Waals surface area contributed by atoms with Crippen LogP contribution in [0.25, 0.3) is 0 Å². The van der Waals surface area contributed by atoms with Crippen LogP contribution in [0.15, 0.2) is 47.8 Å². The number of benzene rings is 1. The van der Waals surface area contributed by atoms with E-state index in [9.17, 15) is 9.59 Å². The molecule has 0 saturated carbocycles. The Hall–Kier alpha value is -1.94. The molecular weight excluding hydrogens is 284 g/mol. The van der Waals surface area contributed by atoms with Crippen LogP contribution in [-0.4, -0.2) is 16.9 Å². The summed E-state index contributed by atoms with van der Waals surface area (Å²) >= 11 is 1.48. The molecule has 0 fully saturated rings. The minimum atomic E-state index is -0.879. The molecule has 0 aliphatic rings. The first-order valence-corrected chi connectivity index (χ1v) is 7.82. The van der Waals surface area contributed by atoms with Crippen molar-refractivity contribution >= 4 is 23.1 Å². The SMILES string of the molecule is CC.CC.CC(=O)c1cccs1.O=C(O)c1ccccc1.